The molecular formula is C27H26FN5O2. The highest BCUT2D eigenvalue weighted by atomic mass is 19.1. The third-order valence-corrected chi connectivity index (χ3v) is 6.14. The molecule has 0 spiro atoms. The van der Waals surface area contributed by atoms with Gasteiger partial charge < -0.3 is 15.2 Å². The van der Waals surface area contributed by atoms with Gasteiger partial charge in [-0.2, -0.15) is 0 Å². The zero-order valence-electron chi connectivity index (χ0n) is 19.2. The smallest absolute Gasteiger partial charge is 0.324 e. The lowest BCUT2D eigenvalue weighted by molar-refractivity contribution is 0.0954. The van der Waals surface area contributed by atoms with Gasteiger partial charge in [0.2, 0.25) is 0 Å². The molecule has 0 saturated carbocycles. The van der Waals surface area contributed by atoms with Crippen molar-refractivity contribution >= 4 is 28.7 Å². The van der Waals surface area contributed by atoms with Gasteiger partial charge in [0.05, 0.1) is 17.6 Å². The minimum atomic E-state index is -0.321. The highest BCUT2D eigenvalue weighted by Gasteiger charge is 2.27. The molecule has 1 aromatic heterocycles. The number of anilines is 1. The average Bonchev–Trinajstić information content (AvgIpc) is 3.29. The molecule has 1 saturated heterocycles. The number of benzene rings is 3. The molecule has 1 fully saturated rings. The Morgan fingerprint density at radius 1 is 1.03 bits per heavy atom. The van der Waals surface area contributed by atoms with Gasteiger partial charge in [0.25, 0.3) is 5.91 Å². The Morgan fingerprint density at radius 2 is 1.86 bits per heavy atom. The summed E-state index contributed by atoms with van der Waals surface area (Å²) in [5, 5.41) is 2.93. The van der Waals surface area contributed by atoms with E-state index in [2.05, 4.69) is 15.3 Å². The maximum atomic E-state index is 14.1. The quantitative estimate of drug-likeness (QED) is 0.416. The highest BCUT2D eigenvalue weighted by Crippen LogP contribution is 2.23. The van der Waals surface area contributed by atoms with E-state index in [1.165, 1.54) is 6.07 Å². The SMILES string of the molecule is O=C(NCCc1nc2ccccc2[nH]1)c1cccc(N2CCCN(Cc3ccccc3F)C2=O)c1. The number of carbonyl (C=O) groups is 2. The molecule has 3 amide bonds. The van der Waals surface area contributed by atoms with Gasteiger partial charge in [-0.25, -0.2) is 14.2 Å². The lowest BCUT2D eigenvalue weighted by atomic mass is 10.1. The summed E-state index contributed by atoms with van der Waals surface area (Å²) in [4.78, 5) is 37.0. The number of halogens is 1. The van der Waals surface area contributed by atoms with E-state index in [-0.39, 0.29) is 24.3 Å². The van der Waals surface area contributed by atoms with Crippen LogP contribution in [0.25, 0.3) is 11.0 Å². The Hall–Kier alpha value is -4.20. The topological polar surface area (TPSA) is 81.3 Å². The van der Waals surface area contributed by atoms with E-state index in [4.69, 9.17) is 0 Å². The third-order valence-electron chi connectivity index (χ3n) is 6.14. The second-order valence-corrected chi connectivity index (χ2v) is 8.56. The number of nitrogens with zero attached hydrogens (tertiary/aromatic N) is 3. The molecule has 5 rings (SSSR count). The van der Waals surface area contributed by atoms with Gasteiger partial charge in [-0.15, -0.1) is 0 Å². The second kappa shape index (κ2) is 9.97. The molecule has 0 radical (unpaired) electrons. The fourth-order valence-electron chi connectivity index (χ4n) is 4.34. The lowest BCUT2D eigenvalue weighted by Crippen LogP contribution is -2.49. The summed E-state index contributed by atoms with van der Waals surface area (Å²) in [7, 11) is 0. The summed E-state index contributed by atoms with van der Waals surface area (Å²) in [5.41, 5.74) is 3.48. The first kappa shape index (κ1) is 22.6. The standard InChI is InChI=1S/C27H26FN5O2/c28-22-10-2-1-7-20(22)18-32-15-6-16-33(27(32)35)21-9-5-8-19(17-21)26(34)29-14-13-25-30-23-11-3-4-12-24(23)31-25/h1-5,7-12,17H,6,13-16,18H2,(H,29,34)(H,30,31). The number of imidazole rings is 1. The van der Waals surface area contributed by atoms with Crippen molar-refractivity contribution in [2.45, 2.75) is 19.4 Å². The molecular weight excluding hydrogens is 445 g/mol. The number of urea groups is 1. The number of aromatic nitrogens is 2. The van der Waals surface area contributed by atoms with Crippen LogP contribution >= 0.6 is 0 Å². The molecule has 8 heteroatoms. The molecule has 0 bridgehead atoms. The maximum absolute atomic E-state index is 14.1. The average molecular weight is 472 g/mol. The summed E-state index contributed by atoms with van der Waals surface area (Å²) in [5.74, 6) is 0.281. The molecule has 7 nitrogen and oxygen atoms in total. The van der Waals surface area contributed by atoms with Crippen molar-refractivity contribution in [1.82, 2.24) is 20.2 Å². The Morgan fingerprint density at radius 3 is 2.71 bits per heavy atom. The van der Waals surface area contributed by atoms with Crippen molar-refractivity contribution in [3.63, 3.8) is 0 Å². The van der Waals surface area contributed by atoms with E-state index >= 15 is 0 Å². The number of H-pyrrole nitrogens is 1. The zero-order chi connectivity index (χ0) is 24.2. The Balaban J connectivity index is 1.22. The van der Waals surface area contributed by atoms with Crippen molar-refractivity contribution in [2.24, 2.45) is 0 Å². The molecule has 2 heterocycles. The van der Waals surface area contributed by atoms with Gasteiger partial charge in [-0.1, -0.05) is 36.4 Å². The van der Waals surface area contributed by atoms with Gasteiger partial charge in [-0.3, -0.25) is 9.69 Å². The van der Waals surface area contributed by atoms with Crippen LogP contribution in [-0.4, -0.2) is 46.4 Å². The van der Waals surface area contributed by atoms with Crippen molar-refractivity contribution in [1.29, 1.82) is 0 Å². The number of hydrogen-bond donors (Lipinski definition) is 2. The number of para-hydroxylation sites is 2. The minimum Gasteiger partial charge on any atom is -0.352 e. The summed E-state index contributed by atoms with van der Waals surface area (Å²) in [6, 6.07) is 21.1. The van der Waals surface area contributed by atoms with Gasteiger partial charge in [0.1, 0.15) is 11.6 Å². The summed E-state index contributed by atoms with van der Waals surface area (Å²) in [6.07, 6.45) is 1.34. The van der Waals surface area contributed by atoms with Crippen LogP contribution in [0.5, 0.6) is 0 Å². The van der Waals surface area contributed by atoms with Crippen LogP contribution in [0, 0.1) is 5.82 Å². The Kier molecular flexibility index (Phi) is 6.43. The summed E-state index contributed by atoms with van der Waals surface area (Å²) < 4.78 is 14.1. The molecule has 0 unspecified atom stereocenters. The van der Waals surface area contributed by atoms with Gasteiger partial charge >= 0.3 is 6.03 Å². The molecule has 4 aromatic rings. The number of rotatable bonds is 7. The van der Waals surface area contributed by atoms with Crippen LogP contribution in [0.2, 0.25) is 0 Å². The van der Waals surface area contributed by atoms with Crippen LogP contribution < -0.4 is 10.2 Å². The van der Waals surface area contributed by atoms with Crippen LogP contribution in [-0.2, 0) is 13.0 Å². The van der Waals surface area contributed by atoms with Gasteiger partial charge in [0.15, 0.2) is 0 Å². The van der Waals surface area contributed by atoms with Crippen molar-refractivity contribution in [2.75, 3.05) is 24.5 Å². The maximum Gasteiger partial charge on any atom is 0.324 e. The Bertz CT molecular complexity index is 1340. The molecule has 178 valence electrons. The third kappa shape index (κ3) is 5.01. The highest BCUT2D eigenvalue weighted by molar-refractivity contribution is 5.98. The lowest BCUT2D eigenvalue weighted by Gasteiger charge is -2.36. The number of hydrogen-bond acceptors (Lipinski definition) is 3. The molecule has 2 N–H and O–H groups in total. The van der Waals surface area contributed by atoms with E-state index in [0.717, 1.165) is 23.3 Å². The van der Waals surface area contributed by atoms with E-state index < -0.39 is 0 Å². The van der Waals surface area contributed by atoms with Gasteiger partial charge in [-0.05, 0) is 42.8 Å². The number of nitrogens with one attached hydrogen (secondary N) is 2. The first-order chi connectivity index (χ1) is 17.1. The largest absolute Gasteiger partial charge is 0.352 e. The van der Waals surface area contributed by atoms with Crippen molar-refractivity contribution < 1.29 is 14.0 Å². The predicted molar refractivity (Wildman–Crippen MR) is 133 cm³/mol. The first-order valence-corrected chi connectivity index (χ1v) is 11.7. The number of fused-ring (bicyclic) bond motifs is 1. The van der Waals surface area contributed by atoms with E-state index in [1.54, 1.807) is 46.2 Å². The molecule has 35 heavy (non-hydrogen) atoms. The summed E-state index contributed by atoms with van der Waals surface area (Å²) >= 11 is 0. The number of carbonyl (C=O) groups excluding carboxylic acids is 2. The number of aromatic amines is 1. The van der Waals surface area contributed by atoms with E-state index in [1.807, 2.05) is 30.3 Å². The molecule has 1 aliphatic rings. The summed E-state index contributed by atoms with van der Waals surface area (Å²) in [6.45, 7) is 1.75. The van der Waals surface area contributed by atoms with E-state index in [9.17, 15) is 14.0 Å². The second-order valence-electron chi connectivity index (χ2n) is 8.56. The fourth-order valence-corrected chi connectivity index (χ4v) is 4.34. The predicted octanol–water partition coefficient (Wildman–Crippen LogP) is 4.51. The monoisotopic (exact) mass is 471 g/mol. The van der Waals surface area contributed by atoms with E-state index in [0.29, 0.717) is 42.9 Å². The Labute approximate surface area is 202 Å². The van der Waals surface area contributed by atoms with Crippen molar-refractivity contribution in [3.05, 3.63) is 95.6 Å². The molecule has 0 aliphatic carbocycles. The van der Waals surface area contributed by atoms with Crippen LogP contribution in [0.4, 0.5) is 14.9 Å². The molecule has 0 atom stereocenters. The normalized spacial score (nSPS) is 13.9. The first-order valence-electron chi connectivity index (χ1n) is 11.7. The number of amides is 3. The fraction of sp³-hybridized carbons (Fsp3) is 0.222. The van der Waals surface area contributed by atoms with Crippen molar-refractivity contribution in [3.8, 4) is 0 Å². The molecule has 1 aliphatic heterocycles. The van der Waals surface area contributed by atoms with Crippen LogP contribution in [0.15, 0.2) is 72.8 Å². The van der Waals surface area contributed by atoms with Gasteiger partial charge in [0, 0.05) is 42.9 Å². The zero-order valence-corrected chi connectivity index (χ0v) is 19.2. The molecule has 3 aromatic carbocycles. The van der Waals surface area contributed by atoms with Crippen LogP contribution in [0.1, 0.15) is 28.2 Å². The van der Waals surface area contributed by atoms with Crippen LogP contribution in [0.3, 0.4) is 0 Å². The minimum absolute atomic E-state index is 0.193.